The number of carbonyl (C=O) groups is 1. The number of fused-ring (bicyclic) bond motifs is 1. The number of halogens is 3. The van der Waals surface area contributed by atoms with Crippen molar-refractivity contribution in [3.05, 3.63) is 29.3 Å². The Hall–Kier alpha value is -1.80. The fourth-order valence-electron chi connectivity index (χ4n) is 2.72. The maximum absolute atomic E-state index is 12.7. The van der Waals surface area contributed by atoms with Crippen molar-refractivity contribution in [2.75, 3.05) is 26.3 Å². The molecule has 1 unspecified atom stereocenters. The van der Waals surface area contributed by atoms with Crippen molar-refractivity contribution in [2.24, 2.45) is 0 Å². The largest absolute Gasteiger partial charge is 0.489 e. The van der Waals surface area contributed by atoms with Gasteiger partial charge in [0.15, 0.2) is 0 Å². The van der Waals surface area contributed by atoms with Crippen molar-refractivity contribution in [3.8, 4) is 5.75 Å². The first kappa shape index (κ1) is 16.1. The quantitative estimate of drug-likeness (QED) is 0.898. The van der Waals surface area contributed by atoms with E-state index in [2.05, 4.69) is 5.43 Å². The summed E-state index contributed by atoms with van der Waals surface area (Å²) in [6, 6.07) is 3.41. The smallest absolute Gasteiger partial charge is 0.416 e. The molecule has 1 fully saturated rings. The number of ether oxygens (including phenoxy) is 2. The molecule has 1 aromatic carbocycles. The van der Waals surface area contributed by atoms with E-state index >= 15 is 0 Å². The molecule has 2 aliphatic rings. The molecule has 0 radical (unpaired) electrons. The van der Waals surface area contributed by atoms with Crippen LogP contribution in [-0.2, 0) is 22.1 Å². The first-order valence-corrected chi connectivity index (χ1v) is 7.42. The molecule has 126 valence electrons. The lowest BCUT2D eigenvalue weighted by molar-refractivity contribution is -0.137. The molecule has 23 heavy (non-hydrogen) atoms. The summed E-state index contributed by atoms with van der Waals surface area (Å²) in [4.78, 5) is 12.2. The van der Waals surface area contributed by atoms with Crippen molar-refractivity contribution >= 4 is 5.91 Å². The van der Waals surface area contributed by atoms with E-state index in [-0.39, 0.29) is 12.3 Å². The Morgan fingerprint density at radius 1 is 1.35 bits per heavy atom. The van der Waals surface area contributed by atoms with E-state index in [0.29, 0.717) is 44.0 Å². The summed E-state index contributed by atoms with van der Waals surface area (Å²) < 4.78 is 49.0. The third kappa shape index (κ3) is 3.76. The van der Waals surface area contributed by atoms with Crippen molar-refractivity contribution in [1.82, 2.24) is 10.4 Å². The van der Waals surface area contributed by atoms with Crippen LogP contribution in [0.25, 0.3) is 0 Å². The van der Waals surface area contributed by atoms with Crippen LogP contribution in [0.3, 0.4) is 0 Å². The number of nitrogens with one attached hydrogen (secondary N) is 1. The Bertz CT molecular complexity index is 584. The Balaban J connectivity index is 1.62. The molecule has 1 atom stereocenters. The molecule has 1 amide bonds. The molecule has 1 aromatic rings. The molecule has 0 aliphatic carbocycles. The average Bonchev–Trinajstić information content (AvgIpc) is 2.70. The predicted molar refractivity (Wildman–Crippen MR) is 74.7 cm³/mol. The maximum atomic E-state index is 12.7. The van der Waals surface area contributed by atoms with Crippen molar-refractivity contribution < 1.29 is 27.4 Å². The van der Waals surface area contributed by atoms with E-state index in [0.717, 1.165) is 12.1 Å². The molecular weight excluding hydrogens is 313 g/mol. The van der Waals surface area contributed by atoms with E-state index in [4.69, 9.17) is 9.47 Å². The topological polar surface area (TPSA) is 50.8 Å². The van der Waals surface area contributed by atoms with E-state index < -0.39 is 17.8 Å². The van der Waals surface area contributed by atoms with E-state index in [9.17, 15) is 18.0 Å². The van der Waals surface area contributed by atoms with Gasteiger partial charge in [-0.1, -0.05) is 0 Å². The van der Waals surface area contributed by atoms with Crippen LogP contribution in [0, 0.1) is 0 Å². The van der Waals surface area contributed by atoms with E-state index in [1.807, 2.05) is 0 Å². The summed E-state index contributed by atoms with van der Waals surface area (Å²) in [6.45, 7) is 1.98. The highest BCUT2D eigenvalue weighted by Crippen LogP contribution is 2.36. The second kappa shape index (κ2) is 6.37. The molecule has 5 nitrogen and oxygen atoms in total. The van der Waals surface area contributed by atoms with Crippen LogP contribution in [0.2, 0.25) is 0 Å². The molecule has 1 N–H and O–H groups in total. The minimum atomic E-state index is -4.38. The highest BCUT2D eigenvalue weighted by atomic mass is 19.4. The molecule has 2 aliphatic heterocycles. The number of hydrogen-bond donors (Lipinski definition) is 1. The van der Waals surface area contributed by atoms with Gasteiger partial charge in [0.1, 0.15) is 11.9 Å². The van der Waals surface area contributed by atoms with Gasteiger partial charge in [0, 0.05) is 13.0 Å². The zero-order chi connectivity index (χ0) is 16.4. The number of nitrogens with zero attached hydrogens (tertiary/aromatic N) is 1. The van der Waals surface area contributed by atoms with Gasteiger partial charge in [-0.15, -0.1) is 0 Å². The van der Waals surface area contributed by atoms with Gasteiger partial charge in [0.25, 0.3) is 0 Å². The summed E-state index contributed by atoms with van der Waals surface area (Å²) in [7, 11) is 0. The first-order chi connectivity index (χ1) is 10.9. The Kier molecular flexibility index (Phi) is 4.45. The van der Waals surface area contributed by atoms with E-state index in [1.165, 1.54) is 11.1 Å². The van der Waals surface area contributed by atoms with Gasteiger partial charge in [0.2, 0.25) is 5.91 Å². The average molecular weight is 330 g/mol. The second-order valence-corrected chi connectivity index (χ2v) is 5.53. The van der Waals surface area contributed by atoms with Crippen LogP contribution >= 0.6 is 0 Å². The minimum Gasteiger partial charge on any atom is -0.489 e. The third-order valence-electron chi connectivity index (χ3n) is 3.84. The summed E-state index contributed by atoms with van der Waals surface area (Å²) in [5, 5.41) is 1.49. The fourth-order valence-corrected chi connectivity index (χ4v) is 2.72. The lowest BCUT2D eigenvalue weighted by Gasteiger charge is -2.21. The molecule has 0 saturated carbocycles. The molecular formula is C15H17F3N2O3. The first-order valence-electron chi connectivity index (χ1n) is 7.42. The highest BCUT2D eigenvalue weighted by Gasteiger charge is 2.34. The highest BCUT2D eigenvalue weighted by molar-refractivity contribution is 5.76. The van der Waals surface area contributed by atoms with Crippen LogP contribution in [-0.4, -0.2) is 43.3 Å². The van der Waals surface area contributed by atoms with Crippen LogP contribution in [0.15, 0.2) is 18.2 Å². The molecule has 0 bridgehead atoms. The number of rotatable bonds is 2. The monoisotopic (exact) mass is 330 g/mol. The zero-order valence-electron chi connectivity index (χ0n) is 12.4. The number of carbonyl (C=O) groups excluding carboxylic acids is 1. The number of alkyl halides is 3. The van der Waals surface area contributed by atoms with Gasteiger partial charge in [-0.05, 0) is 23.8 Å². The number of benzene rings is 1. The Morgan fingerprint density at radius 3 is 2.96 bits per heavy atom. The van der Waals surface area contributed by atoms with E-state index in [1.54, 1.807) is 0 Å². The van der Waals surface area contributed by atoms with Gasteiger partial charge in [0.05, 0.1) is 31.7 Å². The van der Waals surface area contributed by atoms with Gasteiger partial charge >= 0.3 is 6.18 Å². The predicted octanol–water partition coefficient (Wildman–Crippen LogP) is 1.76. The van der Waals surface area contributed by atoms with Gasteiger partial charge in [-0.3, -0.25) is 9.80 Å². The fraction of sp³-hybridized carbons (Fsp3) is 0.533. The third-order valence-corrected chi connectivity index (χ3v) is 3.84. The molecule has 1 saturated heterocycles. The molecule has 0 spiro atoms. The Labute approximate surface area is 131 Å². The minimum absolute atomic E-state index is 0.114. The van der Waals surface area contributed by atoms with Crippen molar-refractivity contribution in [2.45, 2.75) is 25.1 Å². The van der Waals surface area contributed by atoms with Crippen LogP contribution in [0.5, 0.6) is 5.75 Å². The molecule has 8 heteroatoms. The number of amides is 1. The second-order valence-electron chi connectivity index (χ2n) is 5.53. The Morgan fingerprint density at radius 2 is 2.17 bits per heavy atom. The SMILES string of the molecule is O=C(CC1Cc2cc(C(F)(F)F)ccc2O1)N1CCOCCN1. The van der Waals surface area contributed by atoms with Crippen LogP contribution in [0.1, 0.15) is 17.5 Å². The van der Waals surface area contributed by atoms with Gasteiger partial charge < -0.3 is 9.47 Å². The van der Waals surface area contributed by atoms with Crippen LogP contribution < -0.4 is 10.2 Å². The van der Waals surface area contributed by atoms with Gasteiger partial charge in [-0.2, -0.15) is 13.2 Å². The summed E-state index contributed by atoms with van der Waals surface area (Å²) >= 11 is 0. The summed E-state index contributed by atoms with van der Waals surface area (Å²) in [5.74, 6) is 0.271. The van der Waals surface area contributed by atoms with Crippen molar-refractivity contribution in [1.29, 1.82) is 0 Å². The summed E-state index contributed by atoms with van der Waals surface area (Å²) in [5.41, 5.74) is 2.75. The lowest BCUT2D eigenvalue weighted by Crippen LogP contribution is -2.45. The normalized spacial score (nSPS) is 21.5. The molecule has 2 heterocycles. The number of hydrazine groups is 1. The standard InChI is InChI=1S/C15H17F3N2O3/c16-15(17,18)11-1-2-13-10(7-11)8-12(23-13)9-14(21)20-4-6-22-5-3-19-20/h1-2,7,12,19H,3-6,8-9H2. The van der Waals surface area contributed by atoms with Crippen molar-refractivity contribution in [3.63, 3.8) is 0 Å². The zero-order valence-corrected chi connectivity index (χ0v) is 12.4. The molecule has 3 rings (SSSR count). The summed E-state index contributed by atoms with van der Waals surface area (Å²) in [6.07, 6.45) is -4.40. The maximum Gasteiger partial charge on any atom is 0.416 e. The van der Waals surface area contributed by atoms with Gasteiger partial charge in [-0.25, -0.2) is 5.43 Å². The lowest BCUT2D eigenvalue weighted by atomic mass is 10.0. The molecule has 0 aromatic heterocycles. The van der Waals surface area contributed by atoms with Crippen LogP contribution in [0.4, 0.5) is 13.2 Å². The number of hydrogen-bond acceptors (Lipinski definition) is 4.